The maximum absolute atomic E-state index is 7.02. The second-order valence-corrected chi connectivity index (χ2v) is 9.15. The van der Waals surface area contributed by atoms with Crippen molar-refractivity contribution in [3.8, 4) is 22.3 Å². The third kappa shape index (κ3) is 3.02. The van der Waals surface area contributed by atoms with Crippen molar-refractivity contribution in [2.45, 2.75) is 0 Å². The van der Waals surface area contributed by atoms with E-state index in [1.54, 1.807) is 0 Å². The molecule has 7 aromatic carbocycles. The van der Waals surface area contributed by atoms with Crippen LogP contribution in [0.25, 0.3) is 65.3 Å². The Labute approximate surface area is 204 Å². The Morgan fingerprint density at radius 1 is 0.314 bits per heavy atom. The first-order chi connectivity index (χ1) is 17.3. The van der Waals surface area contributed by atoms with E-state index in [1.165, 1.54) is 54.2 Å². The zero-order chi connectivity index (χ0) is 23.4. The highest BCUT2D eigenvalue weighted by Gasteiger charge is 2.16. The molecule has 7 rings (SSSR count). The standard InChI is InChI=1S/C34H23N/c35-34-30(32-20-22-10-1-3-12-24(22)26-14-5-7-16-28(26)32)18-9-19-31(34)33-21-23-11-2-4-13-25(23)27-15-6-8-17-29(27)33/h1-21H,35H2. The molecule has 0 unspecified atom stereocenters. The Morgan fingerprint density at radius 3 is 1.14 bits per heavy atom. The van der Waals surface area contributed by atoms with Gasteiger partial charge in [-0.2, -0.15) is 0 Å². The highest BCUT2D eigenvalue weighted by Crippen LogP contribution is 2.43. The van der Waals surface area contributed by atoms with Crippen molar-refractivity contribution < 1.29 is 0 Å². The molecule has 7 aromatic rings. The molecular formula is C34H23N. The number of hydrogen-bond acceptors (Lipinski definition) is 1. The minimum atomic E-state index is 0.813. The van der Waals surface area contributed by atoms with Gasteiger partial charge in [0, 0.05) is 16.8 Å². The van der Waals surface area contributed by atoms with E-state index in [2.05, 4.69) is 127 Å². The number of para-hydroxylation sites is 1. The van der Waals surface area contributed by atoms with E-state index in [0.29, 0.717) is 0 Å². The molecular weight excluding hydrogens is 422 g/mol. The van der Waals surface area contributed by atoms with Crippen molar-refractivity contribution in [3.05, 3.63) is 127 Å². The number of nitrogen functional groups attached to an aromatic ring is 1. The largest absolute Gasteiger partial charge is 0.398 e. The molecule has 0 amide bonds. The molecule has 0 saturated carbocycles. The normalized spacial score (nSPS) is 11.5. The van der Waals surface area contributed by atoms with E-state index >= 15 is 0 Å². The lowest BCUT2D eigenvalue weighted by Gasteiger charge is -2.17. The summed E-state index contributed by atoms with van der Waals surface area (Å²) in [5.41, 5.74) is 12.3. The fourth-order valence-electron chi connectivity index (χ4n) is 5.59. The van der Waals surface area contributed by atoms with Crippen LogP contribution in [0.4, 0.5) is 5.69 Å². The number of fused-ring (bicyclic) bond motifs is 6. The maximum Gasteiger partial charge on any atom is 0.0473 e. The van der Waals surface area contributed by atoms with Crippen LogP contribution in [-0.2, 0) is 0 Å². The zero-order valence-electron chi connectivity index (χ0n) is 19.2. The predicted molar refractivity (Wildman–Crippen MR) is 152 cm³/mol. The van der Waals surface area contributed by atoms with Crippen molar-refractivity contribution in [3.63, 3.8) is 0 Å². The second kappa shape index (κ2) is 7.72. The summed E-state index contributed by atoms with van der Waals surface area (Å²) in [6, 6.07) is 45.4. The fraction of sp³-hybridized carbons (Fsp3) is 0. The van der Waals surface area contributed by atoms with Gasteiger partial charge in [0.05, 0.1) is 0 Å². The van der Waals surface area contributed by atoms with Crippen LogP contribution in [0.2, 0.25) is 0 Å². The summed E-state index contributed by atoms with van der Waals surface area (Å²) in [7, 11) is 0. The molecule has 164 valence electrons. The van der Waals surface area contributed by atoms with Gasteiger partial charge in [-0.05, 0) is 66.3 Å². The summed E-state index contributed by atoms with van der Waals surface area (Å²) in [6.07, 6.45) is 0. The topological polar surface area (TPSA) is 26.0 Å². The third-order valence-corrected chi connectivity index (χ3v) is 7.22. The summed E-state index contributed by atoms with van der Waals surface area (Å²) in [5.74, 6) is 0. The van der Waals surface area contributed by atoms with E-state index in [-0.39, 0.29) is 0 Å². The molecule has 0 heterocycles. The number of hydrogen-bond donors (Lipinski definition) is 1. The van der Waals surface area contributed by atoms with Gasteiger partial charge in [0.25, 0.3) is 0 Å². The molecule has 0 spiro atoms. The minimum Gasteiger partial charge on any atom is -0.398 e. The lowest BCUT2D eigenvalue weighted by atomic mass is 9.88. The van der Waals surface area contributed by atoms with Crippen LogP contribution >= 0.6 is 0 Å². The molecule has 0 atom stereocenters. The third-order valence-electron chi connectivity index (χ3n) is 7.22. The van der Waals surface area contributed by atoms with Crippen molar-refractivity contribution in [2.24, 2.45) is 0 Å². The number of rotatable bonds is 2. The minimum absolute atomic E-state index is 0.813. The Morgan fingerprint density at radius 2 is 0.686 bits per heavy atom. The van der Waals surface area contributed by atoms with E-state index in [0.717, 1.165) is 16.8 Å². The van der Waals surface area contributed by atoms with Crippen molar-refractivity contribution in [1.82, 2.24) is 0 Å². The van der Waals surface area contributed by atoms with Gasteiger partial charge < -0.3 is 5.73 Å². The number of anilines is 1. The van der Waals surface area contributed by atoms with Crippen LogP contribution in [0.3, 0.4) is 0 Å². The summed E-state index contributed by atoms with van der Waals surface area (Å²) < 4.78 is 0. The lowest BCUT2D eigenvalue weighted by molar-refractivity contribution is 1.63. The van der Waals surface area contributed by atoms with Gasteiger partial charge in [0.2, 0.25) is 0 Å². The van der Waals surface area contributed by atoms with Crippen LogP contribution in [0.15, 0.2) is 127 Å². The molecule has 0 aliphatic carbocycles. The molecule has 2 N–H and O–H groups in total. The second-order valence-electron chi connectivity index (χ2n) is 9.15. The quantitative estimate of drug-likeness (QED) is 0.208. The van der Waals surface area contributed by atoms with Gasteiger partial charge in [-0.15, -0.1) is 0 Å². The Bertz CT molecular complexity index is 1780. The van der Waals surface area contributed by atoms with E-state index in [4.69, 9.17) is 5.73 Å². The summed E-state index contributed by atoms with van der Waals surface area (Å²) in [5, 5.41) is 9.92. The number of nitrogens with two attached hydrogens (primary N) is 1. The molecule has 0 aliphatic heterocycles. The van der Waals surface area contributed by atoms with Gasteiger partial charge in [-0.3, -0.25) is 0 Å². The highest BCUT2D eigenvalue weighted by molar-refractivity contribution is 6.17. The van der Waals surface area contributed by atoms with Gasteiger partial charge in [0.15, 0.2) is 0 Å². The molecule has 0 aromatic heterocycles. The van der Waals surface area contributed by atoms with Gasteiger partial charge >= 0.3 is 0 Å². The van der Waals surface area contributed by atoms with Gasteiger partial charge in [0.1, 0.15) is 0 Å². The van der Waals surface area contributed by atoms with E-state index < -0.39 is 0 Å². The number of benzene rings is 7. The highest BCUT2D eigenvalue weighted by atomic mass is 14.6. The first-order valence-corrected chi connectivity index (χ1v) is 12.0. The Kier molecular flexibility index (Phi) is 4.37. The monoisotopic (exact) mass is 445 g/mol. The Balaban J connectivity index is 1.55. The maximum atomic E-state index is 7.02. The summed E-state index contributed by atoms with van der Waals surface area (Å²) in [4.78, 5) is 0. The van der Waals surface area contributed by atoms with Crippen molar-refractivity contribution >= 4 is 48.8 Å². The smallest absolute Gasteiger partial charge is 0.0473 e. The van der Waals surface area contributed by atoms with Crippen LogP contribution < -0.4 is 5.73 Å². The predicted octanol–water partition coefficient (Wildman–Crippen LogP) is 9.22. The Hall–Kier alpha value is -4.62. The fourth-order valence-corrected chi connectivity index (χ4v) is 5.59. The van der Waals surface area contributed by atoms with Crippen LogP contribution in [0, 0.1) is 0 Å². The van der Waals surface area contributed by atoms with Gasteiger partial charge in [-0.1, -0.05) is 115 Å². The molecule has 0 saturated heterocycles. The van der Waals surface area contributed by atoms with Crippen LogP contribution in [0.1, 0.15) is 0 Å². The van der Waals surface area contributed by atoms with Crippen LogP contribution in [0.5, 0.6) is 0 Å². The average Bonchev–Trinajstić information content (AvgIpc) is 2.92. The lowest BCUT2D eigenvalue weighted by Crippen LogP contribution is -1.96. The molecule has 35 heavy (non-hydrogen) atoms. The molecule has 1 nitrogen and oxygen atoms in total. The van der Waals surface area contributed by atoms with Crippen molar-refractivity contribution in [1.29, 1.82) is 0 Å². The van der Waals surface area contributed by atoms with E-state index in [1.807, 2.05) is 0 Å². The molecule has 0 aliphatic rings. The SMILES string of the molecule is Nc1c(-c2cc3ccccc3c3ccccc23)cccc1-c1cc2ccccc2c2ccccc12. The summed E-state index contributed by atoms with van der Waals surface area (Å²) in [6.45, 7) is 0. The van der Waals surface area contributed by atoms with E-state index in [9.17, 15) is 0 Å². The van der Waals surface area contributed by atoms with Gasteiger partial charge in [-0.25, -0.2) is 0 Å². The molecule has 0 radical (unpaired) electrons. The molecule has 0 fully saturated rings. The zero-order valence-corrected chi connectivity index (χ0v) is 19.2. The summed E-state index contributed by atoms with van der Waals surface area (Å²) >= 11 is 0. The average molecular weight is 446 g/mol. The first kappa shape index (κ1) is 19.8. The van der Waals surface area contributed by atoms with Crippen LogP contribution in [-0.4, -0.2) is 0 Å². The molecule has 1 heteroatoms. The van der Waals surface area contributed by atoms with Crippen molar-refractivity contribution in [2.75, 3.05) is 5.73 Å². The first-order valence-electron chi connectivity index (χ1n) is 12.0. The molecule has 0 bridgehead atoms.